The fourth-order valence-electron chi connectivity index (χ4n) is 3.22. The number of rotatable bonds is 8. The Morgan fingerprint density at radius 1 is 1.34 bits per heavy atom. The van der Waals surface area contributed by atoms with Crippen LogP contribution >= 0.6 is 11.3 Å². The molecule has 3 rings (SSSR count). The normalized spacial score (nSPS) is 15.1. The summed E-state index contributed by atoms with van der Waals surface area (Å²) >= 11 is 1.31. The SMILES string of the molecule is CN(C)CCCOC1CCN(C(=O)Nc2nnc(Cc3cccc(F)c3)s2)CC1. The van der Waals surface area contributed by atoms with Gasteiger partial charge >= 0.3 is 6.03 Å². The molecule has 7 nitrogen and oxygen atoms in total. The van der Waals surface area contributed by atoms with Crippen LogP contribution in [0.5, 0.6) is 0 Å². The molecule has 0 radical (unpaired) electrons. The molecular weight excluding hydrogens is 393 g/mol. The van der Waals surface area contributed by atoms with Crippen molar-refractivity contribution < 1.29 is 13.9 Å². The number of hydrogen-bond acceptors (Lipinski definition) is 6. The number of halogens is 1. The number of likely N-dealkylation sites (tertiary alicyclic amines) is 1. The van der Waals surface area contributed by atoms with Crippen molar-refractivity contribution in [1.29, 1.82) is 0 Å². The van der Waals surface area contributed by atoms with Gasteiger partial charge in [0.2, 0.25) is 5.13 Å². The van der Waals surface area contributed by atoms with E-state index in [9.17, 15) is 9.18 Å². The third kappa shape index (κ3) is 7.02. The van der Waals surface area contributed by atoms with Gasteiger partial charge in [-0.25, -0.2) is 9.18 Å². The van der Waals surface area contributed by atoms with E-state index in [2.05, 4.69) is 34.5 Å². The molecular formula is C20H28FN5O2S. The Hall–Kier alpha value is -2.10. The zero-order chi connectivity index (χ0) is 20.6. The smallest absolute Gasteiger partial charge is 0.323 e. The highest BCUT2D eigenvalue weighted by Gasteiger charge is 2.24. The third-order valence-electron chi connectivity index (χ3n) is 4.76. The maximum atomic E-state index is 13.3. The van der Waals surface area contributed by atoms with E-state index in [4.69, 9.17) is 4.74 Å². The predicted octanol–water partition coefficient (Wildman–Crippen LogP) is 3.23. The van der Waals surface area contributed by atoms with Crippen molar-refractivity contribution in [3.05, 3.63) is 40.7 Å². The largest absolute Gasteiger partial charge is 0.378 e. The molecule has 0 atom stereocenters. The molecule has 2 heterocycles. The molecule has 0 bridgehead atoms. The monoisotopic (exact) mass is 421 g/mol. The summed E-state index contributed by atoms with van der Waals surface area (Å²) in [7, 11) is 4.11. The minimum Gasteiger partial charge on any atom is -0.378 e. The van der Waals surface area contributed by atoms with Gasteiger partial charge in [-0.05, 0) is 57.6 Å². The second-order valence-electron chi connectivity index (χ2n) is 7.45. The summed E-state index contributed by atoms with van der Waals surface area (Å²) in [5, 5.41) is 12.1. The fraction of sp³-hybridized carbons (Fsp3) is 0.550. The van der Waals surface area contributed by atoms with E-state index in [1.54, 1.807) is 11.0 Å². The molecule has 9 heteroatoms. The number of carbonyl (C=O) groups excluding carboxylic acids is 1. The van der Waals surface area contributed by atoms with Gasteiger partial charge in [0.25, 0.3) is 0 Å². The van der Waals surface area contributed by atoms with Gasteiger partial charge in [0.15, 0.2) is 0 Å². The number of hydrogen-bond donors (Lipinski definition) is 1. The molecule has 0 unspecified atom stereocenters. The second-order valence-corrected chi connectivity index (χ2v) is 8.51. The lowest BCUT2D eigenvalue weighted by molar-refractivity contribution is 0.0130. The summed E-state index contributed by atoms with van der Waals surface area (Å²) in [6, 6.07) is 6.24. The lowest BCUT2D eigenvalue weighted by atomic mass is 10.1. The Kier molecular flexibility index (Phi) is 7.91. The second kappa shape index (κ2) is 10.6. The minimum atomic E-state index is -0.273. The van der Waals surface area contributed by atoms with Crippen LogP contribution in [0.25, 0.3) is 0 Å². The van der Waals surface area contributed by atoms with Crippen LogP contribution in [0.4, 0.5) is 14.3 Å². The predicted molar refractivity (Wildman–Crippen MR) is 112 cm³/mol. The molecule has 2 aromatic rings. The number of aromatic nitrogens is 2. The molecule has 1 N–H and O–H groups in total. The Morgan fingerprint density at radius 3 is 2.86 bits per heavy atom. The summed E-state index contributed by atoms with van der Waals surface area (Å²) in [6.07, 6.45) is 3.41. The first-order valence-electron chi connectivity index (χ1n) is 9.88. The van der Waals surface area contributed by atoms with Crippen LogP contribution < -0.4 is 5.32 Å². The molecule has 1 saturated heterocycles. The maximum Gasteiger partial charge on any atom is 0.323 e. The van der Waals surface area contributed by atoms with Crippen molar-refractivity contribution in [2.45, 2.75) is 31.8 Å². The van der Waals surface area contributed by atoms with Gasteiger partial charge in [-0.1, -0.05) is 23.5 Å². The van der Waals surface area contributed by atoms with Crippen molar-refractivity contribution in [3.8, 4) is 0 Å². The summed E-state index contributed by atoms with van der Waals surface area (Å²) in [5.41, 5.74) is 0.826. The van der Waals surface area contributed by atoms with Crippen molar-refractivity contribution in [1.82, 2.24) is 20.0 Å². The van der Waals surface area contributed by atoms with Crippen LogP contribution in [0.15, 0.2) is 24.3 Å². The average molecular weight is 422 g/mol. The zero-order valence-corrected chi connectivity index (χ0v) is 17.8. The Morgan fingerprint density at radius 2 is 2.14 bits per heavy atom. The molecule has 158 valence electrons. The Bertz CT molecular complexity index is 793. The van der Waals surface area contributed by atoms with Crippen LogP contribution in [0, 0.1) is 5.82 Å². The van der Waals surface area contributed by atoms with E-state index in [1.165, 1.54) is 23.5 Å². The lowest BCUT2D eigenvalue weighted by Gasteiger charge is -2.31. The van der Waals surface area contributed by atoms with E-state index in [-0.39, 0.29) is 18.0 Å². The van der Waals surface area contributed by atoms with Gasteiger partial charge in [-0.15, -0.1) is 10.2 Å². The summed E-state index contributed by atoms with van der Waals surface area (Å²) < 4.78 is 19.2. The van der Waals surface area contributed by atoms with Gasteiger partial charge < -0.3 is 14.5 Å². The average Bonchev–Trinajstić information content (AvgIpc) is 3.12. The van der Waals surface area contributed by atoms with E-state index < -0.39 is 0 Å². The minimum absolute atomic E-state index is 0.162. The Balaban J connectivity index is 1.40. The first-order chi connectivity index (χ1) is 14.0. The number of piperidine rings is 1. The number of ether oxygens (including phenoxy) is 1. The molecule has 0 spiro atoms. The van der Waals surface area contributed by atoms with Gasteiger partial charge in [0, 0.05) is 26.1 Å². The van der Waals surface area contributed by atoms with Crippen molar-refractivity contribution in [3.63, 3.8) is 0 Å². The van der Waals surface area contributed by atoms with E-state index in [1.807, 2.05) is 6.07 Å². The van der Waals surface area contributed by atoms with Crippen LogP contribution in [-0.4, -0.2) is 72.5 Å². The first kappa shape index (κ1) is 21.6. The number of nitrogens with one attached hydrogen (secondary N) is 1. The van der Waals surface area contributed by atoms with Crippen LogP contribution in [0.1, 0.15) is 29.8 Å². The number of amides is 2. The summed E-state index contributed by atoms with van der Waals surface area (Å²) in [4.78, 5) is 16.4. The number of anilines is 1. The maximum absolute atomic E-state index is 13.3. The highest BCUT2D eigenvalue weighted by molar-refractivity contribution is 7.15. The molecule has 1 aliphatic heterocycles. The van der Waals surface area contributed by atoms with Crippen LogP contribution in [-0.2, 0) is 11.2 Å². The highest BCUT2D eigenvalue weighted by atomic mass is 32.1. The fourth-order valence-corrected chi connectivity index (χ4v) is 3.99. The molecule has 0 saturated carbocycles. The van der Waals surface area contributed by atoms with Gasteiger partial charge in [0.1, 0.15) is 10.8 Å². The standard InChI is InChI=1S/C20H28FN5O2S/c1-25(2)9-4-12-28-17-7-10-26(11-8-17)20(27)22-19-24-23-18(29-19)14-15-5-3-6-16(21)13-15/h3,5-6,13,17H,4,7-12,14H2,1-2H3,(H,22,24,27). The van der Waals surface area contributed by atoms with Crippen molar-refractivity contribution in [2.24, 2.45) is 0 Å². The topological polar surface area (TPSA) is 70.6 Å². The molecule has 2 amide bonds. The molecule has 1 aliphatic rings. The van der Waals surface area contributed by atoms with Crippen LogP contribution in [0.3, 0.4) is 0 Å². The van der Waals surface area contributed by atoms with E-state index >= 15 is 0 Å². The highest BCUT2D eigenvalue weighted by Crippen LogP contribution is 2.20. The van der Waals surface area contributed by atoms with Crippen molar-refractivity contribution in [2.75, 3.05) is 45.7 Å². The van der Waals surface area contributed by atoms with E-state index in [0.29, 0.717) is 24.6 Å². The van der Waals surface area contributed by atoms with Crippen LogP contribution in [0.2, 0.25) is 0 Å². The summed E-state index contributed by atoms with van der Waals surface area (Å²) in [5.74, 6) is -0.273. The molecule has 1 aromatic carbocycles. The molecule has 1 aromatic heterocycles. The first-order valence-corrected chi connectivity index (χ1v) is 10.7. The van der Waals surface area contributed by atoms with Gasteiger partial charge in [-0.2, -0.15) is 0 Å². The van der Waals surface area contributed by atoms with E-state index in [0.717, 1.165) is 43.0 Å². The van der Waals surface area contributed by atoms with Gasteiger partial charge in [-0.3, -0.25) is 5.32 Å². The molecule has 29 heavy (non-hydrogen) atoms. The number of carbonyl (C=O) groups is 1. The quantitative estimate of drug-likeness (QED) is 0.663. The number of urea groups is 1. The number of nitrogens with zero attached hydrogens (tertiary/aromatic N) is 4. The lowest BCUT2D eigenvalue weighted by Crippen LogP contribution is -2.43. The van der Waals surface area contributed by atoms with Gasteiger partial charge in [0.05, 0.1) is 6.10 Å². The molecule has 0 aliphatic carbocycles. The third-order valence-corrected chi connectivity index (χ3v) is 5.60. The summed E-state index contributed by atoms with van der Waals surface area (Å²) in [6.45, 7) is 3.11. The zero-order valence-electron chi connectivity index (χ0n) is 16.9. The van der Waals surface area contributed by atoms with Crippen molar-refractivity contribution >= 4 is 22.5 Å². The molecule has 1 fully saturated rings. The Labute approximate surface area is 174 Å². The number of benzene rings is 1.